The van der Waals surface area contributed by atoms with Gasteiger partial charge in [0, 0.05) is 17.8 Å². The van der Waals surface area contributed by atoms with Gasteiger partial charge >= 0.3 is 0 Å². The Morgan fingerprint density at radius 3 is 2.80 bits per heavy atom. The topological polar surface area (TPSA) is 56.1 Å². The number of nitrogens with zero attached hydrogens (tertiary/aromatic N) is 2. The molecule has 0 aromatic heterocycles. The Kier molecular flexibility index (Phi) is 2.60. The highest BCUT2D eigenvalue weighted by Crippen LogP contribution is 2.56. The lowest BCUT2D eigenvalue weighted by molar-refractivity contribution is -0.160. The van der Waals surface area contributed by atoms with Crippen LogP contribution in [0, 0.1) is 16.7 Å². The van der Waals surface area contributed by atoms with Crippen molar-refractivity contribution in [2.24, 2.45) is 5.41 Å². The van der Waals surface area contributed by atoms with Crippen LogP contribution in [0.15, 0.2) is 24.3 Å². The third kappa shape index (κ3) is 1.44. The molecule has 1 saturated heterocycles. The van der Waals surface area contributed by atoms with Crippen molar-refractivity contribution in [1.82, 2.24) is 4.90 Å². The number of nitrogens with one attached hydrogen (secondary N) is 1. The number of rotatable bonds is 0. The Bertz CT molecular complexity index is 625. The highest BCUT2D eigenvalue weighted by molar-refractivity contribution is 6.00. The van der Waals surface area contributed by atoms with Crippen molar-refractivity contribution >= 4 is 11.6 Å². The summed E-state index contributed by atoms with van der Waals surface area (Å²) in [7, 11) is 1.59. The minimum Gasteiger partial charge on any atom is -0.325 e. The van der Waals surface area contributed by atoms with Crippen LogP contribution in [-0.2, 0) is 10.7 Å². The van der Waals surface area contributed by atoms with E-state index in [-0.39, 0.29) is 24.2 Å². The van der Waals surface area contributed by atoms with E-state index in [1.807, 2.05) is 6.07 Å². The van der Waals surface area contributed by atoms with E-state index in [4.69, 9.17) is 5.26 Å². The van der Waals surface area contributed by atoms with E-state index < -0.39 is 23.3 Å². The Morgan fingerprint density at radius 2 is 2.15 bits per heavy atom. The van der Waals surface area contributed by atoms with Crippen molar-refractivity contribution < 1.29 is 13.6 Å². The lowest BCUT2D eigenvalue weighted by Crippen LogP contribution is -2.53. The van der Waals surface area contributed by atoms with Gasteiger partial charge in [-0.05, 0) is 19.5 Å². The van der Waals surface area contributed by atoms with E-state index >= 15 is 0 Å². The number of nitriles is 1. The van der Waals surface area contributed by atoms with Crippen molar-refractivity contribution in [2.75, 3.05) is 18.9 Å². The van der Waals surface area contributed by atoms with Crippen LogP contribution < -0.4 is 5.32 Å². The average molecular weight is 277 g/mol. The fourth-order valence-corrected chi connectivity index (χ4v) is 3.13. The second-order valence-electron chi connectivity index (χ2n) is 5.42. The molecule has 6 heteroatoms. The summed E-state index contributed by atoms with van der Waals surface area (Å²) in [5, 5.41) is 11.6. The molecule has 1 aromatic rings. The summed E-state index contributed by atoms with van der Waals surface area (Å²) < 4.78 is 29.8. The molecule has 1 amide bonds. The van der Waals surface area contributed by atoms with Crippen molar-refractivity contribution in [3.05, 3.63) is 29.8 Å². The van der Waals surface area contributed by atoms with Gasteiger partial charge < -0.3 is 5.32 Å². The second-order valence-corrected chi connectivity index (χ2v) is 5.42. The minimum atomic E-state index is -3.29. The molecule has 2 atom stereocenters. The first-order valence-electron chi connectivity index (χ1n) is 6.31. The highest BCUT2D eigenvalue weighted by atomic mass is 19.3. The first-order valence-corrected chi connectivity index (χ1v) is 6.31. The third-order valence-corrected chi connectivity index (χ3v) is 4.29. The zero-order chi connectivity index (χ0) is 14.5. The first kappa shape index (κ1) is 13.0. The van der Waals surface area contributed by atoms with Crippen LogP contribution in [0.3, 0.4) is 0 Å². The van der Waals surface area contributed by atoms with Gasteiger partial charge in [-0.1, -0.05) is 18.2 Å². The fraction of sp³-hybridized carbons (Fsp3) is 0.429. The lowest BCUT2D eigenvalue weighted by atomic mass is 9.72. The van der Waals surface area contributed by atoms with Gasteiger partial charge in [0.25, 0.3) is 5.92 Å². The molecule has 1 N–H and O–H groups in total. The number of benzene rings is 1. The maximum absolute atomic E-state index is 14.9. The number of carbonyl (C=O) groups is 1. The van der Waals surface area contributed by atoms with Crippen molar-refractivity contribution in [3.8, 4) is 6.07 Å². The molecule has 0 unspecified atom stereocenters. The molecule has 20 heavy (non-hydrogen) atoms. The van der Waals surface area contributed by atoms with E-state index in [1.165, 1.54) is 23.1 Å². The summed E-state index contributed by atoms with van der Waals surface area (Å²) in [6, 6.07) is 7.24. The minimum absolute atomic E-state index is 0.127. The summed E-state index contributed by atoms with van der Waals surface area (Å²) in [6.07, 6.45) is -0.160. The predicted molar refractivity (Wildman–Crippen MR) is 68.0 cm³/mol. The number of para-hydroxylation sites is 1. The average Bonchev–Trinajstić information content (AvgIpc) is 2.76. The molecule has 1 fully saturated rings. The molecule has 1 aromatic carbocycles. The Balaban J connectivity index is 2.15. The zero-order valence-electron chi connectivity index (χ0n) is 10.9. The number of likely N-dealkylation sites (tertiary alicyclic amines) is 1. The largest absolute Gasteiger partial charge is 0.325 e. The molecular weight excluding hydrogens is 264 g/mol. The Hall–Kier alpha value is -2.00. The van der Waals surface area contributed by atoms with Crippen LogP contribution in [0.25, 0.3) is 0 Å². The van der Waals surface area contributed by atoms with Crippen LogP contribution in [0.1, 0.15) is 12.0 Å². The van der Waals surface area contributed by atoms with E-state index in [2.05, 4.69) is 5.32 Å². The number of alkyl halides is 2. The molecule has 3 rings (SSSR count). The number of amides is 1. The van der Waals surface area contributed by atoms with E-state index in [0.29, 0.717) is 0 Å². The maximum atomic E-state index is 14.9. The van der Waals surface area contributed by atoms with E-state index in [0.717, 1.165) is 0 Å². The number of hydrogen-bond acceptors (Lipinski definition) is 3. The number of anilines is 1. The van der Waals surface area contributed by atoms with Crippen molar-refractivity contribution in [1.29, 1.82) is 5.26 Å². The first-order chi connectivity index (χ1) is 9.42. The summed E-state index contributed by atoms with van der Waals surface area (Å²) in [5.41, 5.74) is -1.89. The Labute approximate surface area is 115 Å². The van der Waals surface area contributed by atoms with Gasteiger partial charge in [-0.3, -0.25) is 9.69 Å². The van der Waals surface area contributed by atoms with E-state index in [1.54, 1.807) is 13.1 Å². The second kappa shape index (κ2) is 4.00. The molecule has 0 aliphatic carbocycles. The summed E-state index contributed by atoms with van der Waals surface area (Å²) in [6.45, 7) is -0.127. The molecule has 0 bridgehead atoms. The summed E-state index contributed by atoms with van der Waals surface area (Å²) in [5.74, 6) is -3.99. The number of hydrogen-bond donors (Lipinski definition) is 1. The molecule has 2 heterocycles. The summed E-state index contributed by atoms with van der Waals surface area (Å²) >= 11 is 0. The Morgan fingerprint density at radius 1 is 1.45 bits per heavy atom. The van der Waals surface area contributed by atoms with Gasteiger partial charge in [0.2, 0.25) is 5.91 Å². The number of carbonyl (C=O) groups excluding carboxylic acids is 1. The SMILES string of the molecule is CN1C[C@]2(C[C@H]1C#N)C(=O)Nc1ccccc1C2(F)F. The fourth-order valence-electron chi connectivity index (χ4n) is 3.13. The monoisotopic (exact) mass is 277 g/mol. The molecule has 4 nitrogen and oxygen atoms in total. The molecule has 2 aliphatic heterocycles. The quantitative estimate of drug-likeness (QED) is 0.788. The highest BCUT2D eigenvalue weighted by Gasteiger charge is 2.66. The summed E-state index contributed by atoms with van der Waals surface area (Å²) in [4.78, 5) is 13.8. The van der Waals surface area contributed by atoms with Crippen LogP contribution in [0.4, 0.5) is 14.5 Å². The standard InChI is InChI=1S/C14H13F2N3O/c1-19-8-13(6-9(19)7-17)12(20)18-11-5-3-2-4-10(11)14(13,15)16/h2-5,9H,6,8H2,1H3,(H,18,20)/t9-,13+/m0/s1. The van der Waals surface area contributed by atoms with E-state index in [9.17, 15) is 13.6 Å². The van der Waals surface area contributed by atoms with Gasteiger partial charge in [0.1, 0.15) is 5.41 Å². The van der Waals surface area contributed by atoms with Gasteiger partial charge in [0.05, 0.1) is 12.1 Å². The molecular formula is C14H13F2N3O. The van der Waals surface area contributed by atoms with Crippen LogP contribution >= 0.6 is 0 Å². The van der Waals surface area contributed by atoms with Crippen LogP contribution in [-0.4, -0.2) is 30.4 Å². The van der Waals surface area contributed by atoms with Gasteiger partial charge in [-0.15, -0.1) is 0 Å². The van der Waals surface area contributed by atoms with Crippen molar-refractivity contribution in [2.45, 2.75) is 18.4 Å². The van der Waals surface area contributed by atoms with Crippen LogP contribution in [0.2, 0.25) is 0 Å². The molecule has 0 saturated carbocycles. The van der Waals surface area contributed by atoms with Gasteiger partial charge in [0.15, 0.2) is 0 Å². The smallest absolute Gasteiger partial charge is 0.290 e. The lowest BCUT2D eigenvalue weighted by Gasteiger charge is -2.40. The zero-order valence-corrected chi connectivity index (χ0v) is 10.9. The third-order valence-electron chi connectivity index (χ3n) is 4.29. The molecule has 0 radical (unpaired) electrons. The predicted octanol–water partition coefficient (Wildman–Crippen LogP) is 1.94. The molecule has 2 aliphatic rings. The number of halogens is 2. The van der Waals surface area contributed by atoms with Crippen LogP contribution in [0.5, 0.6) is 0 Å². The van der Waals surface area contributed by atoms with Gasteiger partial charge in [-0.25, -0.2) is 0 Å². The maximum Gasteiger partial charge on any atom is 0.290 e. The molecule has 104 valence electrons. The van der Waals surface area contributed by atoms with Crippen molar-refractivity contribution in [3.63, 3.8) is 0 Å². The number of fused-ring (bicyclic) bond motifs is 1. The normalized spacial score (nSPS) is 31.7. The van der Waals surface area contributed by atoms with Gasteiger partial charge in [-0.2, -0.15) is 14.0 Å². The molecule has 1 spiro atoms.